The Morgan fingerprint density at radius 1 is 1.17 bits per heavy atom. The third-order valence-corrected chi connectivity index (χ3v) is 7.25. The molecule has 30 heavy (non-hydrogen) atoms. The smallest absolute Gasteiger partial charge is 0.262 e. The summed E-state index contributed by atoms with van der Waals surface area (Å²) in [5, 5.41) is 4.19. The molecule has 2 aliphatic rings. The SMILES string of the molecule is COc1ccc(Cl)cc1/C=C1\SC(Nc2ccccc2)N([C@@H]2CCCC[C@H]2C)C1=O. The van der Waals surface area contributed by atoms with E-state index in [1.54, 1.807) is 24.9 Å². The van der Waals surface area contributed by atoms with Crippen molar-refractivity contribution < 1.29 is 9.53 Å². The maximum absolute atomic E-state index is 13.6. The number of anilines is 1. The van der Waals surface area contributed by atoms with Gasteiger partial charge < -0.3 is 15.0 Å². The van der Waals surface area contributed by atoms with Crippen LogP contribution in [0.5, 0.6) is 5.75 Å². The molecule has 0 bridgehead atoms. The summed E-state index contributed by atoms with van der Waals surface area (Å²) in [5.41, 5.74) is 1.69. The second-order valence-electron chi connectivity index (χ2n) is 7.92. The molecule has 1 aliphatic heterocycles. The van der Waals surface area contributed by atoms with E-state index in [9.17, 15) is 4.79 Å². The van der Waals surface area contributed by atoms with Gasteiger partial charge in [0.2, 0.25) is 0 Å². The molecule has 0 radical (unpaired) electrons. The summed E-state index contributed by atoms with van der Waals surface area (Å²) in [6.45, 7) is 2.27. The van der Waals surface area contributed by atoms with Crippen LogP contribution in [0.2, 0.25) is 5.02 Å². The summed E-state index contributed by atoms with van der Waals surface area (Å²) >= 11 is 7.77. The number of benzene rings is 2. The van der Waals surface area contributed by atoms with Gasteiger partial charge in [0.1, 0.15) is 5.75 Å². The summed E-state index contributed by atoms with van der Waals surface area (Å²) in [7, 11) is 1.63. The Labute approximate surface area is 187 Å². The first-order valence-corrected chi connectivity index (χ1v) is 11.7. The van der Waals surface area contributed by atoms with E-state index in [4.69, 9.17) is 16.3 Å². The highest BCUT2D eigenvalue weighted by molar-refractivity contribution is 8.05. The van der Waals surface area contributed by atoms with Crippen LogP contribution in [0.25, 0.3) is 6.08 Å². The number of amides is 1. The number of methoxy groups -OCH3 is 1. The van der Waals surface area contributed by atoms with Crippen molar-refractivity contribution in [3.05, 3.63) is 64.0 Å². The van der Waals surface area contributed by atoms with E-state index in [0.717, 1.165) is 17.7 Å². The van der Waals surface area contributed by atoms with Crippen LogP contribution >= 0.6 is 23.4 Å². The van der Waals surface area contributed by atoms with E-state index in [-0.39, 0.29) is 17.4 Å². The van der Waals surface area contributed by atoms with E-state index in [0.29, 0.717) is 21.6 Å². The van der Waals surface area contributed by atoms with Gasteiger partial charge in [-0.05, 0) is 55.2 Å². The van der Waals surface area contributed by atoms with Crippen LogP contribution in [0.1, 0.15) is 38.2 Å². The predicted octanol–water partition coefficient (Wildman–Crippen LogP) is 6.24. The van der Waals surface area contributed by atoms with Crippen molar-refractivity contribution in [2.75, 3.05) is 12.4 Å². The normalized spacial score (nSPS) is 25.6. The lowest BCUT2D eigenvalue weighted by atomic mass is 9.85. The molecule has 158 valence electrons. The van der Waals surface area contributed by atoms with Gasteiger partial charge in [0.15, 0.2) is 5.50 Å². The molecule has 1 N–H and O–H groups in total. The van der Waals surface area contributed by atoms with Crippen LogP contribution in [0.15, 0.2) is 53.4 Å². The lowest BCUT2D eigenvalue weighted by Gasteiger charge is -2.39. The number of thioether (sulfide) groups is 1. The molecule has 0 aromatic heterocycles. The van der Waals surface area contributed by atoms with Crippen LogP contribution in [-0.4, -0.2) is 29.5 Å². The molecule has 1 saturated carbocycles. The van der Waals surface area contributed by atoms with E-state index in [2.05, 4.69) is 17.1 Å². The monoisotopic (exact) mass is 442 g/mol. The number of halogens is 1. The average Bonchev–Trinajstić information content (AvgIpc) is 3.04. The fraction of sp³-hybridized carbons (Fsp3) is 0.375. The third-order valence-electron chi connectivity index (χ3n) is 5.90. The van der Waals surface area contributed by atoms with Gasteiger partial charge >= 0.3 is 0 Å². The molecular weight excluding hydrogens is 416 g/mol. The highest BCUT2D eigenvalue weighted by Gasteiger charge is 2.43. The van der Waals surface area contributed by atoms with Crippen molar-refractivity contribution in [2.45, 2.75) is 44.1 Å². The number of para-hydroxylation sites is 1. The van der Waals surface area contributed by atoms with Crippen molar-refractivity contribution in [1.82, 2.24) is 4.90 Å². The Morgan fingerprint density at radius 3 is 2.67 bits per heavy atom. The Hall–Kier alpha value is -2.11. The quantitative estimate of drug-likeness (QED) is 0.556. The molecule has 1 saturated heterocycles. The van der Waals surface area contributed by atoms with Crippen LogP contribution < -0.4 is 10.1 Å². The summed E-state index contributed by atoms with van der Waals surface area (Å²) in [6.07, 6.45) is 6.53. The van der Waals surface area contributed by atoms with Crippen LogP contribution in [0.3, 0.4) is 0 Å². The zero-order valence-electron chi connectivity index (χ0n) is 17.3. The maximum atomic E-state index is 13.6. The molecular formula is C24H27ClN2O2S. The number of carbonyl (C=O) groups excluding carboxylic acids is 1. The van der Waals surface area contributed by atoms with Crippen molar-refractivity contribution >= 4 is 41.0 Å². The fourth-order valence-corrected chi connectivity index (χ4v) is 5.71. The van der Waals surface area contributed by atoms with E-state index < -0.39 is 0 Å². The van der Waals surface area contributed by atoms with Crippen LogP contribution in [-0.2, 0) is 4.79 Å². The molecule has 3 atom stereocenters. The summed E-state index contributed by atoms with van der Waals surface area (Å²) in [6, 6.07) is 15.8. The number of carbonyl (C=O) groups is 1. The summed E-state index contributed by atoms with van der Waals surface area (Å²) in [4.78, 5) is 16.3. The number of rotatable bonds is 5. The Balaban J connectivity index is 1.68. The van der Waals surface area contributed by atoms with Crippen molar-refractivity contribution in [3.63, 3.8) is 0 Å². The minimum Gasteiger partial charge on any atom is -0.496 e. The first-order valence-electron chi connectivity index (χ1n) is 10.4. The number of hydrogen-bond acceptors (Lipinski definition) is 4. The summed E-state index contributed by atoms with van der Waals surface area (Å²) in [5.74, 6) is 1.27. The average molecular weight is 443 g/mol. The molecule has 2 fully saturated rings. The molecule has 4 rings (SSSR count). The Bertz CT molecular complexity index is 934. The maximum Gasteiger partial charge on any atom is 0.262 e. The van der Waals surface area contributed by atoms with Crippen molar-refractivity contribution in [3.8, 4) is 5.75 Å². The van der Waals surface area contributed by atoms with Crippen molar-refractivity contribution in [2.24, 2.45) is 5.92 Å². The van der Waals surface area contributed by atoms with E-state index in [1.807, 2.05) is 48.5 Å². The van der Waals surface area contributed by atoms with Gasteiger partial charge in [-0.3, -0.25) is 4.79 Å². The second-order valence-corrected chi connectivity index (χ2v) is 9.48. The number of nitrogens with one attached hydrogen (secondary N) is 1. The van der Waals surface area contributed by atoms with Gasteiger partial charge in [-0.15, -0.1) is 0 Å². The Kier molecular flexibility index (Phi) is 6.59. The zero-order valence-corrected chi connectivity index (χ0v) is 18.9. The molecule has 2 aromatic rings. The first kappa shape index (κ1) is 21.1. The lowest BCUT2D eigenvalue weighted by Crippen LogP contribution is -2.48. The first-order chi connectivity index (χ1) is 14.6. The minimum absolute atomic E-state index is 0.0780. The number of ether oxygens (including phenoxy) is 1. The van der Waals surface area contributed by atoms with Gasteiger partial charge in [-0.2, -0.15) is 0 Å². The predicted molar refractivity (Wildman–Crippen MR) is 126 cm³/mol. The molecule has 1 unspecified atom stereocenters. The van der Waals surface area contributed by atoms with Gasteiger partial charge in [0.25, 0.3) is 5.91 Å². The van der Waals surface area contributed by atoms with Gasteiger partial charge in [-0.25, -0.2) is 0 Å². The zero-order chi connectivity index (χ0) is 21.1. The van der Waals surface area contributed by atoms with Gasteiger partial charge in [-0.1, -0.05) is 61.3 Å². The fourth-order valence-electron chi connectivity index (χ4n) is 4.33. The van der Waals surface area contributed by atoms with E-state index in [1.165, 1.54) is 19.3 Å². The molecule has 1 amide bonds. The molecule has 1 heterocycles. The van der Waals surface area contributed by atoms with Crippen LogP contribution in [0.4, 0.5) is 5.69 Å². The molecule has 0 spiro atoms. The van der Waals surface area contributed by atoms with Gasteiger partial charge in [0.05, 0.1) is 12.0 Å². The third kappa shape index (κ3) is 4.47. The molecule has 1 aliphatic carbocycles. The summed E-state index contributed by atoms with van der Waals surface area (Å²) < 4.78 is 5.48. The highest BCUT2D eigenvalue weighted by atomic mass is 35.5. The van der Waals surface area contributed by atoms with Crippen molar-refractivity contribution in [1.29, 1.82) is 0 Å². The standard InChI is InChI=1S/C24H27ClN2O2S/c1-16-8-6-7-11-20(16)27-23(28)22(15-17-14-18(25)12-13-21(17)29-2)30-24(27)26-19-9-4-3-5-10-19/h3-5,9-10,12-16,20,24,26H,6-8,11H2,1-2H3/b22-15-/t16-,20-,24?/m1/s1. The topological polar surface area (TPSA) is 41.6 Å². The highest BCUT2D eigenvalue weighted by Crippen LogP contribution is 2.42. The number of hydrogen-bond donors (Lipinski definition) is 1. The molecule has 2 aromatic carbocycles. The largest absolute Gasteiger partial charge is 0.496 e. The Morgan fingerprint density at radius 2 is 1.93 bits per heavy atom. The van der Waals surface area contributed by atoms with E-state index >= 15 is 0 Å². The number of nitrogens with zero attached hydrogens (tertiary/aromatic N) is 1. The second kappa shape index (κ2) is 9.36. The minimum atomic E-state index is -0.137. The lowest BCUT2D eigenvalue weighted by molar-refractivity contribution is -0.129. The molecule has 4 nitrogen and oxygen atoms in total. The molecule has 6 heteroatoms. The van der Waals surface area contributed by atoms with Gasteiger partial charge in [0, 0.05) is 22.3 Å². The van der Waals surface area contributed by atoms with Crippen LogP contribution in [0, 0.1) is 5.92 Å².